The van der Waals surface area contributed by atoms with Gasteiger partial charge in [0.25, 0.3) is 0 Å². The molecule has 1 nitrogen and oxygen atoms in total. The number of benzene rings is 5. The Bertz CT molecular complexity index is 1960. The molecule has 0 bridgehead atoms. The molecule has 0 unspecified atom stereocenters. The van der Waals surface area contributed by atoms with Gasteiger partial charge in [-0.25, -0.2) is 0 Å². The van der Waals surface area contributed by atoms with Gasteiger partial charge in [0.1, 0.15) is 0 Å². The van der Waals surface area contributed by atoms with Crippen LogP contribution in [0.1, 0.15) is 38.8 Å². The largest absolute Gasteiger partial charge is 0.309 e. The van der Waals surface area contributed by atoms with E-state index in [1.54, 1.807) is 0 Å². The fraction of sp³-hybridized carbons (Fsp3) is 0.128. The van der Waals surface area contributed by atoms with E-state index in [1.165, 1.54) is 59.3 Å². The van der Waals surface area contributed by atoms with Crippen molar-refractivity contribution in [3.05, 3.63) is 144 Å². The summed E-state index contributed by atoms with van der Waals surface area (Å²) < 4.78 is 2.70. The van der Waals surface area contributed by atoms with Gasteiger partial charge in [0.05, 0.1) is 10.4 Å². The first-order valence-electron chi connectivity index (χ1n) is 14.3. The lowest BCUT2D eigenvalue weighted by molar-refractivity contribution is 0.640. The van der Waals surface area contributed by atoms with Crippen LogP contribution in [-0.2, 0) is 5.41 Å². The van der Waals surface area contributed by atoms with Crippen molar-refractivity contribution in [2.24, 2.45) is 0 Å². The quantitative estimate of drug-likeness (QED) is 0.207. The molecule has 0 atom stereocenters. The lowest BCUT2D eigenvalue weighted by Gasteiger charge is -2.26. The van der Waals surface area contributed by atoms with Gasteiger partial charge < -0.3 is 4.90 Å². The van der Waals surface area contributed by atoms with Gasteiger partial charge in [-0.05, 0) is 66.4 Å². The van der Waals surface area contributed by atoms with Gasteiger partial charge in [0, 0.05) is 37.8 Å². The molecule has 1 heterocycles. The second-order valence-corrected chi connectivity index (χ2v) is 12.4. The first-order chi connectivity index (χ1) is 20.0. The van der Waals surface area contributed by atoms with Crippen molar-refractivity contribution in [1.82, 2.24) is 0 Å². The topological polar surface area (TPSA) is 3.24 Å². The number of nitrogens with zero attached hydrogens (tertiary/aromatic N) is 1. The highest BCUT2D eigenvalue weighted by Crippen LogP contribution is 2.53. The molecule has 0 saturated heterocycles. The minimum atomic E-state index is 0.0218. The third-order valence-corrected chi connectivity index (χ3v) is 10.0. The van der Waals surface area contributed by atoms with E-state index in [0.717, 1.165) is 11.4 Å². The van der Waals surface area contributed by atoms with Crippen LogP contribution in [0.4, 0.5) is 17.1 Å². The zero-order valence-electron chi connectivity index (χ0n) is 24.0. The zero-order chi connectivity index (χ0) is 28.1. The van der Waals surface area contributed by atoms with Crippen LogP contribution >= 0.6 is 11.3 Å². The monoisotopic (exact) mass is 547 g/mol. The molecule has 1 aromatic heterocycles. The average Bonchev–Trinajstić information content (AvgIpc) is 3.48. The number of para-hydroxylation sites is 1. The molecular weight excluding hydrogens is 515 g/mol. The summed E-state index contributed by atoms with van der Waals surface area (Å²) in [4.78, 5) is 2.41. The lowest BCUT2D eigenvalue weighted by Crippen LogP contribution is -2.15. The molecule has 41 heavy (non-hydrogen) atoms. The van der Waals surface area contributed by atoms with Crippen LogP contribution in [0.25, 0.3) is 36.9 Å². The molecule has 7 rings (SSSR count). The smallest absolute Gasteiger partial charge is 0.0640 e. The molecule has 2 heteroatoms. The van der Waals surface area contributed by atoms with E-state index in [0.29, 0.717) is 0 Å². The molecule has 200 valence electrons. The number of rotatable bonds is 5. The maximum atomic E-state index is 2.41. The molecule has 1 aliphatic carbocycles. The normalized spacial score (nSPS) is 14.3. The maximum absolute atomic E-state index is 2.41. The fourth-order valence-electron chi connectivity index (χ4n) is 6.35. The number of hydrogen-bond acceptors (Lipinski definition) is 2. The third kappa shape index (κ3) is 4.05. The first kappa shape index (κ1) is 25.6. The highest BCUT2D eigenvalue weighted by molar-refractivity contribution is 7.26. The van der Waals surface area contributed by atoms with Crippen LogP contribution in [0.15, 0.2) is 133 Å². The predicted octanol–water partition coefficient (Wildman–Crippen LogP) is 11.8. The minimum Gasteiger partial charge on any atom is -0.309 e. The van der Waals surface area contributed by atoms with E-state index in [2.05, 4.69) is 160 Å². The van der Waals surface area contributed by atoms with Crippen molar-refractivity contribution in [1.29, 1.82) is 0 Å². The summed E-state index contributed by atoms with van der Waals surface area (Å²) in [5.41, 5.74) is 11.7. The number of anilines is 3. The Morgan fingerprint density at radius 1 is 0.634 bits per heavy atom. The Morgan fingerprint density at radius 2 is 1.27 bits per heavy atom. The highest BCUT2D eigenvalue weighted by Gasteiger charge is 2.36. The summed E-state index contributed by atoms with van der Waals surface area (Å²) in [6, 6.07) is 41.8. The van der Waals surface area contributed by atoms with Crippen LogP contribution in [0, 0.1) is 0 Å². The Hall–Kier alpha value is -4.40. The van der Waals surface area contributed by atoms with Crippen molar-refractivity contribution < 1.29 is 0 Å². The van der Waals surface area contributed by atoms with Gasteiger partial charge in [-0.3, -0.25) is 0 Å². The number of thiophene rings is 1. The molecule has 0 aliphatic heterocycles. The van der Waals surface area contributed by atoms with E-state index < -0.39 is 0 Å². The van der Waals surface area contributed by atoms with Crippen molar-refractivity contribution >= 4 is 54.1 Å². The third-order valence-electron chi connectivity index (χ3n) is 8.75. The van der Waals surface area contributed by atoms with Crippen molar-refractivity contribution in [3.63, 3.8) is 0 Å². The van der Waals surface area contributed by atoms with Gasteiger partial charge in [-0.15, -0.1) is 11.3 Å². The summed E-state index contributed by atoms with van der Waals surface area (Å²) in [6.45, 7) is 9.14. The van der Waals surface area contributed by atoms with E-state index in [9.17, 15) is 0 Å². The zero-order valence-corrected chi connectivity index (χ0v) is 24.8. The number of fused-ring (bicyclic) bond motifs is 5. The summed E-state index contributed by atoms with van der Waals surface area (Å²) in [5.74, 6) is 0. The second kappa shape index (κ2) is 9.90. The van der Waals surface area contributed by atoms with Crippen LogP contribution in [0.5, 0.6) is 0 Å². The minimum absolute atomic E-state index is 0.0218. The summed E-state index contributed by atoms with van der Waals surface area (Å²) in [7, 11) is 0. The van der Waals surface area contributed by atoms with Gasteiger partial charge in [0.15, 0.2) is 0 Å². The molecule has 0 saturated carbocycles. The van der Waals surface area contributed by atoms with Crippen LogP contribution in [0.3, 0.4) is 0 Å². The van der Waals surface area contributed by atoms with E-state index in [1.807, 2.05) is 11.3 Å². The molecule has 5 aromatic carbocycles. The van der Waals surface area contributed by atoms with Crippen LogP contribution in [-0.4, -0.2) is 0 Å². The predicted molar refractivity (Wildman–Crippen MR) is 180 cm³/mol. The number of hydrogen-bond donors (Lipinski definition) is 0. The standard InChI is InChI=1S/C39H33NS/c1-5-13-31-26(2)39(3,4)34-25-24-33-32-18-12-19-35(37(32)41-38(33)36(31)34)40(29-16-10-7-11-17-29)30-22-20-28(21-23-30)27-14-8-6-9-15-27/h5-25H,1-4H3/b13-5-. The molecule has 1 aliphatic rings. The Kier molecular flexibility index (Phi) is 6.17. The second-order valence-electron chi connectivity index (χ2n) is 11.4. The molecule has 6 aromatic rings. The van der Waals surface area contributed by atoms with Crippen LogP contribution < -0.4 is 4.90 Å². The average molecular weight is 548 g/mol. The van der Waals surface area contributed by atoms with Gasteiger partial charge in [-0.2, -0.15) is 0 Å². The molecule has 0 spiro atoms. The van der Waals surface area contributed by atoms with Crippen molar-refractivity contribution in [2.75, 3.05) is 4.90 Å². The Balaban J connectivity index is 1.46. The summed E-state index contributed by atoms with van der Waals surface area (Å²) in [6.07, 6.45) is 4.48. The molecule has 0 fully saturated rings. The number of allylic oxidation sites excluding steroid dienone is 4. The van der Waals surface area contributed by atoms with E-state index in [4.69, 9.17) is 0 Å². The van der Waals surface area contributed by atoms with Gasteiger partial charge in [0.2, 0.25) is 0 Å². The summed E-state index contributed by atoms with van der Waals surface area (Å²) >= 11 is 1.93. The molecule has 0 amide bonds. The van der Waals surface area contributed by atoms with Crippen molar-refractivity contribution in [2.45, 2.75) is 33.1 Å². The lowest BCUT2D eigenvalue weighted by atomic mass is 9.82. The Labute approximate surface area is 246 Å². The first-order valence-corrected chi connectivity index (χ1v) is 15.1. The SMILES string of the molecule is C/C=C\C1=C(C)C(C)(C)c2ccc3c(sc4c(N(c5ccccc5)c5ccc(-c6ccccc6)cc5)cccc43)c21. The van der Waals surface area contributed by atoms with E-state index in [-0.39, 0.29) is 5.41 Å². The molecular formula is C39H33NS. The summed E-state index contributed by atoms with van der Waals surface area (Å²) in [5, 5.41) is 2.65. The van der Waals surface area contributed by atoms with Gasteiger partial charge >= 0.3 is 0 Å². The fourth-order valence-corrected chi connectivity index (χ4v) is 7.72. The Morgan fingerprint density at radius 3 is 1.98 bits per heavy atom. The van der Waals surface area contributed by atoms with Crippen molar-refractivity contribution in [3.8, 4) is 11.1 Å². The van der Waals surface area contributed by atoms with E-state index >= 15 is 0 Å². The molecule has 0 radical (unpaired) electrons. The highest BCUT2D eigenvalue weighted by atomic mass is 32.1. The van der Waals surface area contributed by atoms with Gasteiger partial charge in [-0.1, -0.05) is 117 Å². The van der Waals surface area contributed by atoms with Crippen LogP contribution in [0.2, 0.25) is 0 Å². The molecule has 0 N–H and O–H groups in total. The maximum Gasteiger partial charge on any atom is 0.0640 e.